The molecule has 3 nitrogen and oxygen atoms in total. The summed E-state index contributed by atoms with van der Waals surface area (Å²) in [5, 5.41) is 0.521. The second-order valence-corrected chi connectivity index (χ2v) is 3.29. The minimum absolute atomic E-state index is 0.428. The van der Waals surface area contributed by atoms with Gasteiger partial charge in [-0.2, -0.15) is 0 Å². The van der Waals surface area contributed by atoms with E-state index >= 15 is 0 Å². The van der Waals surface area contributed by atoms with Gasteiger partial charge in [-0.3, -0.25) is 9.59 Å². The molecule has 0 aromatic heterocycles. The minimum atomic E-state index is -0.503. The van der Waals surface area contributed by atoms with Crippen LogP contribution in [0.4, 0.5) is 5.69 Å². The molecular formula is C9H6ClNO2. The highest BCUT2D eigenvalue weighted by Crippen LogP contribution is 2.29. The summed E-state index contributed by atoms with van der Waals surface area (Å²) in [6, 6.07) is 4.78. The number of hydrogen-bond acceptors (Lipinski definition) is 2. The van der Waals surface area contributed by atoms with E-state index in [9.17, 15) is 9.59 Å². The smallest absolute Gasteiger partial charge is 0.299 e. The first-order chi connectivity index (χ1) is 6.11. The van der Waals surface area contributed by atoms with Crippen molar-refractivity contribution in [3.8, 4) is 0 Å². The molecule has 0 N–H and O–H groups in total. The van der Waals surface area contributed by atoms with Gasteiger partial charge in [-0.05, 0) is 18.2 Å². The van der Waals surface area contributed by atoms with Gasteiger partial charge in [0.15, 0.2) is 0 Å². The monoisotopic (exact) mass is 195 g/mol. The highest BCUT2D eigenvalue weighted by molar-refractivity contribution is 6.52. The molecule has 1 heterocycles. The summed E-state index contributed by atoms with van der Waals surface area (Å²) < 4.78 is 0. The number of likely N-dealkylation sites (N-methyl/N-ethyl adjacent to an activating group) is 1. The van der Waals surface area contributed by atoms with E-state index in [4.69, 9.17) is 11.6 Å². The van der Waals surface area contributed by atoms with Gasteiger partial charge in [-0.25, -0.2) is 0 Å². The lowest BCUT2D eigenvalue weighted by Gasteiger charge is -2.07. The van der Waals surface area contributed by atoms with Gasteiger partial charge in [0.05, 0.1) is 11.3 Å². The maximum Gasteiger partial charge on any atom is 0.299 e. The van der Waals surface area contributed by atoms with Gasteiger partial charge in [0.1, 0.15) is 0 Å². The lowest BCUT2D eigenvalue weighted by molar-refractivity contribution is -0.114. The minimum Gasteiger partial charge on any atom is -0.308 e. The lowest BCUT2D eigenvalue weighted by Crippen LogP contribution is -2.24. The molecule has 0 spiro atoms. The molecule has 1 aromatic rings. The van der Waals surface area contributed by atoms with Gasteiger partial charge in [-0.15, -0.1) is 0 Å². The molecule has 0 atom stereocenters. The van der Waals surface area contributed by atoms with Crippen LogP contribution >= 0.6 is 11.6 Å². The molecule has 4 heteroatoms. The third-order valence-corrected chi connectivity index (χ3v) is 2.30. The van der Waals surface area contributed by atoms with Crippen molar-refractivity contribution in [1.29, 1.82) is 0 Å². The summed E-state index contributed by atoms with van der Waals surface area (Å²) in [5.41, 5.74) is 1.01. The van der Waals surface area contributed by atoms with Gasteiger partial charge in [0, 0.05) is 12.1 Å². The maximum atomic E-state index is 11.3. The zero-order valence-electron chi connectivity index (χ0n) is 6.87. The van der Waals surface area contributed by atoms with Gasteiger partial charge < -0.3 is 4.90 Å². The Morgan fingerprint density at radius 3 is 2.69 bits per heavy atom. The molecule has 66 valence electrons. The topological polar surface area (TPSA) is 37.4 Å². The van der Waals surface area contributed by atoms with Crippen LogP contribution in [0, 0.1) is 0 Å². The zero-order valence-corrected chi connectivity index (χ0v) is 7.63. The fourth-order valence-electron chi connectivity index (χ4n) is 1.35. The van der Waals surface area contributed by atoms with Crippen LogP contribution in [0.5, 0.6) is 0 Å². The Bertz CT molecular complexity index is 414. The number of benzene rings is 1. The quantitative estimate of drug-likeness (QED) is 0.589. The largest absolute Gasteiger partial charge is 0.308 e. The summed E-state index contributed by atoms with van der Waals surface area (Å²) in [6.07, 6.45) is 0. The van der Waals surface area contributed by atoms with Gasteiger partial charge in [0.2, 0.25) is 0 Å². The normalized spacial score (nSPS) is 15.1. The highest BCUT2D eigenvalue weighted by Gasteiger charge is 2.32. The Morgan fingerprint density at radius 2 is 2.00 bits per heavy atom. The maximum absolute atomic E-state index is 11.3. The summed E-state index contributed by atoms with van der Waals surface area (Å²) in [7, 11) is 1.56. The average Bonchev–Trinajstić information content (AvgIpc) is 2.32. The molecule has 1 aliphatic rings. The number of halogens is 1. The number of Topliss-reactive ketones (excluding diaryl/α,β-unsaturated/α-hetero) is 1. The third kappa shape index (κ3) is 1.04. The predicted octanol–water partition coefficient (Wildman–Crippen LogP) is 1.50. The number of nitrogens with zero attached hydrogens (tertiary/aromatic N) is 1. The van der Waals surface area contributed by atoms with E-state index in [-0.39, 0.29) is 0 Å². The van der Waals surface area contributed by atoms with Crippen LogP contribution in [0.25, 0.3) is 0 Å². The molecule has 1 amide bonds. The van der Waals surface area contributed by atoms with E-state index < -0.39 is 11.7 Å². The summed E-state index contributed by atoms with van der Waals surface area (Å²) >= 11 is 5.73. The lowest BCUT2D eigenvalue weighted by atomic mass is 10.1. The van der Waals surface area contributed by atoms with Crippen LogP contribution in [0.15, 0.2) is 18.2 Å². The van der Waals surface area contributed by atoms with Crippen molar-refractivity contribution in [2.75, 3.05) is 11.9 Å². The molecule has 13 heavy (non-hydrogen) atoms. The first-order valence-corrected chi connectivity index (χ1v) is 4.11. The van der Waals surface area contributed by atoms with Crippen LogP contribution in [0.1, 0.15) is 10.4 Å². The van der Waals surface area contributed by atoms with E-state index in [0.29, 0.717) is 16.3 Å². The molecule has 0 saturated carbocycles. The standard InChI is InChI=1S/C9H6ClNO2/c1-11-7-4-5(10)2-3-6(7)8(12)9(11)13/h2-4H,1H3. The Kier molecular flexibility index (Phi) is 1.63. The van der Waals surface area contributed by atoms with Crippen molar-refractivity contribution in [3.05, 3.63) is 28.8 Å². The van der Waals surface area contributed by atoms with Crippen LogP contribution in [0.2, 0.25) is 5.02 Å². The van der Waals surface area contributed by atoms with Crippen molar-refractivity contribution >= 4 is 29.0 Å². The van der Waals surface area contributed by atoms with E-state index in [2.05, 4.69) is 0 Å². The number of carbonyl (C=O) groups excluding carboxylic acids is 2. The van der Waals surface area contributed by atoms with Gasteiger partial charge in [0.25, 0.3) is 11.7 Å². The first-order valence-electron chi connectivity index (χ1n) is 3.73. The molecule has 0 fully saturated rings. The van der Waals surface area contributed by atoms with Crippen LogP contribution in [-0.2, 0) is 4.79 Å². The zero-order chi connectivity index (χ0) is 9.59. The number of ketones is 1. The average molecular weight is 196 g/mol. The number of anilines is 1. The van der Waals surface area contributed by atoms with Crippen LogP contribution in [0.3, 0.4) is 0 Å². The van der Waals surface area contributed by atoms with Crippen molar-refractivity contribution < 1.29 is 9.59 Å². The first kappa shape index (κ1) is 8.26. The van der Waals surface area contributed by atoms with E-state index in [1.807, 2.05) is 0 Å². The fraction of sp³-hybridized carbons (Fsp3) is 0.111. The molecular weight excluding hydrogens is 190 g/mol. The van der Waals surface area contributed by atoms with Crippen molar-refractivity contribution in [2.45, 2.75) is 0 Å². The SMILES string of the molecule is CN1C(=O)C(=O)c2ccc(Cl)cc21. The van der Waals surface area contributed by atoms with Crippen molar-refractivity contribution in [2.24, 2.45) is 0 Å². The number of amides is 1. The second-order valence-electron chi connectivity index (χ2n) is 2.85. The molecule has 0 unspecified atom stereocenters. The van der Waals surface area contributed by atoms with Gasteiger partial charge in [-0.1, -0.05) is 11.6 Å². The van der Waals surface area contributed by atoms with Gasteiger partial charge >= 0.3 is 0 Å². The number of fused-ring (bicyclic) bond motifs is 1. The molecule has 0 aliphatic carbocycles. The third-order valence-electron chi connectivity index (χ3n) is 2.06. The second kappa shape index (κ2) is 2.57. The molecule has 1 aliphatic heterocycles. The summed E-state index contributed by atoms with van der Waals surface area (Å²) in [6.45, 7) is 0. The fourth-order valence-corrected chi connectivity index (χ4v) is 1.52. The Labute approximate surface area is 79.9 Å². The molecule has 0 radical (unpaired) electrons. The molecule has 2 rings (SSSR count). The van der Waals surface area contributed by atoms with E-state index in [1.165, 1.54) is 4.90 Å². The predicted molar refractivity (Wildman–Crippen MR) is 49.2 cm³/mol. The van der Waals surface area contributed by atoms with E-state index in [0.717, 1.165) is 0 Å². The Hall–Kier alpha value is -1.35. The summed E-state index contributed by atoms with van der Waals surface area (Å²) in [5.74, 6) is -0.966. The highest BCUT2D eigenvalue weighted by atomic mass is 35.5. The van der Waals surface area contributed by atoms with Crippen molar-refractivity contribution in [3.63, 3.8) is 0 Å². The molecule has 1 aromatic carbocycles. The summed E-state index contributed by atoms with van der Waals surface area (Å²) in [4.78, 5) is 23.8. The van der Waals surface area contributed by atoms with Crippen LogP contribution in [-0.4, -0.2) is 18.7 Å². The van der Waals surface area contributed by atoms with Crippen molar-refractivity contribution in [1.82, 2.24) is 0 Å². The Morgan fingerprint density at radius 1 is 1.31 bits per heavy atom. The molecule has 0 saturated heterocycles. The van der Waals surface area contributed by atoms with Crippen LogP contribution < -0.4 is 4.90 Å². The number of carbonyl (C=O) groups is 2. The molecule has 0 bridgehead atoms. The van der Waals surface area contributed by atoms with E-state index in [1.54, 1.807) is 25.2 Å². The Balaban J connectivity index is 2.67. The number of hydrogen-bond donors (Lipinski definition) is 0. The number of rotatable bonds is 0.